The maximum absolute atomic E-state index is 12.4. The lowest BCUT2D eigenvalue weighted by molar-refractivity contribution is -0.111. The summed E-state index contributed by atoms with van der Waals surface area (Å²) in [6.45, 7) is 3.47. The van der Waals surface area contributed by atoms with Gasteiger partial charge >= 0.3 is 0 Å². The molecule has 0 atom stereocenters. The zero-order valence-corrected chi connectivity index (χ0v) is 18.6. The molecule has 0 unspecified atom stereocenters. The van der Waals surface area contributed by atoms with Gasteiger partial charge in [-0.2, -0.15) is 5.10 Å². The number of nitrogens with one attached hydrogen (secondary N) is 2. The predicted octanol–water partition coefficient (Wildman–Crippen LogP) is 5.01. The molecule has 0 aliphatic rings. The molecule has 35 heavy (non-hydrogen) atoms. The van der Waals surface area contributed by atoms with Crippen LogP contribution < -0.4 is 15.8 Å². The van der Waals surface area contributed by atoms with Crippen LogP contribution in [-0.2, 0) is 4.79 Å². The van der Waals surface area contributed by atoms with Gasteiger partial charge in [0.15, 0.2) is 5.69 Å². The lowest BCUT2D eigenvalue weighted by atomic mass is 10.1. The zero-order valence-electron chi connectivity index (χ0n) is 18.6. The second kappa shape index (κ2) is 9.03. The fourth-order valence-electron chi connectivity index (χ4n) is 3.84. The van der Waals surface area contributed by atoms with Gasteiger partial charge in [-0.15, -0.1) is 0 Å². The van der Waals surface area contributed by atoms with Crippen molar-refractivity contribution in [1.29, 1.82) is 0 Å². The number of H-pyrrole nitrogens is 1. The molecule has 3 aromatic carbocycles. The fourth-order valence-corrected chi connectivity index (χ4v) is 3.84. The highest BCUT2D eigenvalue weighted by atomic mass is 16.5. The van der Waals surface area contributed by atoms with Gasteiger partial charge in [0.05, 0.1) is 11.9 Å². The van der Waals surface area contributed by atoms with Gasteiger partial charge in [-0.05, 0) is 60.2 Å². The number of aromatic amines is 1. The highest BCUT2D eigenvalue weighted by molar-refractivity contribution is 6.01. The number of carbonyl (C=O) groups is 2. The number of rotatable bonds is 7. The maximum Gasteiger partial charge on any atom is 0.269 e. The number of fused-ring (bicyclic) bond motifs is 1. The minimum absolute atomic E-state index is 0.235. The second-order valence-corrected chi connectivity index (χ2v) is 7.75. The number of hydrogen-bond acceptors (Lipinski definition) is 4. The van der Waals surface area contributed by atoms with Crippen molar-refractivity contribution in [3.8, 4) is 33.9 Å². The van der Waals surface area contributed by atoms with Crippen molar-refractivity contribution in [1.82, 2.24) is 14.6 Å². The number of carbonyl (C=O) groups excluding carboxylic acids is 2. The average Bonchev–Trinajstić information content (AvgIpc) is 3.44. The highest BCUT2D eigenvalue weighted by Gasteiger charge is 2.22. The number of ether oxygens (including phenoxy) is 1. The summed E-state index contributed by atoms with van der Waals surface area (Å²) in [4.78, 5) is 27.4. The summed E-state index contributed by atoms with van der Waals surface area (Å²) in [5, 5.41) is 7.14. The minimum atomic E-state index is -0.613. The van der Waals surface area contributed by atoms with Gasteiger partial charge in [0, 0.05) is 16.8 Å². The Labute approximate surface area is 200 Å². The van der Waals surface area contributed by atoms with Crippen molar-refractivity contribution in [3.05, 3.63) is 103 Å². The third kappa shape index (κ3) is 4.28. The Morgan fingerprint density at radius 2 is 1.71 bits per heavy atom. The first-order chi connectivity index (χ1) is 17.0. The molecule has 0 radical (unpaired) electrons. The van der Waals surface area contributed by atoms with Gasteiger partial charge in [0.25, 0.3) is 5.91 Å². The molecule has 5 aromatic rings. The molecule has 4 N–H and O–H groups in total. The van der Waals surface area contributed by atoms with Gasteiger partial charge in [-0.3, -0.25) is 9.59 Å². The quantitative estimate of drug-likeness (QED) is 0.294. The van der Waals surface area contributed by atoms with Gasteiger partial charge in [-0.25, -0.2) is 4.52 Å². The molecule has 2 amide bonds. The standard InChI is InChI=1S/C27H21N5O3/c1-2-23(33)30-19-8-6-7-18(15-19)22-16-29-32-25(26(28)34)24(31-27(22)32)17-11-13-21(14-12-17)35-20-9-4-3-5-10-20/h2-16,31H,1H2,(H2,28,34)(H,30,33). The van der Waals surface area contributed by atoms with E-state index in [2.05, 4.69) is 22.0 Å². The summed E-state index contributed by atoms with van der Waals surface area (Å²) >= 11 is 0. The van der Waals surface area contributed by atoms with Crippen molar-refractivity contribution in [2.75, 3.05) is 5.32 Å². The Bertz CT molecular complexity index is 1550. The Morgan fingerprint density at radius 1 is 0.971 bits per heavy atom. The molecule has 172 valence electrons. The fraction of sp³-hybridized carbons (Fsp3) is 0. The monoisotopic (exact) mass is 463 g/mol. The van der Waals surface area contributed by atoms with Crippen molar-refractivity contribution in [2.24, 2.45) is 5.73 Å². The molecule has 8 heteroatoms. The average molecular weight is 463 g/mol. The Morgan fingerprint density at radius 3 is 2.43 bits per heavy atom. The number of nitrogens with two attached hydrogens (primary N) is 1. The van der Waals surface area contributed by atoms with Crippen LogP contribution >= 0.6 is 0 Å². The van der Waals surface area contributed by atoms with E-state index in [1.165, 1.54) is 10.6 Å². The number of amides is 2. The Balaban J connectivity index is 1.52. The maximum atomic E-state index is 12.4. The van der Waals surface area contributed by atoms with Crippen molar-refractivity contribution in [3.63, 3.8) is 0 Å². The van der Waals surface area contributed by atoms with E-state index in [9.17, 15) is 9.59 Å². The number of benzene rings is 3. The molecule has 0 spiro atoms. The Hall–Kier alpha value is -5.11. The predicted molar refractivity (Wildman–Crippen MR) is 134 cm³/mol. The molecule has 0 saturated heterocycles. The third-order valence-electron chi connectivity index (χ3n) is 5.44. The first kappa shape index (κ1) is 21.7. The van der Waals surface area contributed by atoms with Crippen LogP contribution in [0.25, 0.3) is 28.0 Å². The number of nitrogens with zero attached hydrogens (tertiary/aromatic N) is 2. The van der Waals surface area contributed by atoms with E-state index in [4.69, 9.17) is 10.5 Å². The van der Waals surface area contributed by atoms with Gasteiger partial charge < -0.3 is 20.8 Å². The van der Waals surface area contributed by atoms with Crippen LogP contribution in [0, 0.1) is 0 Å². The second-order valence-electron chi connectivity index (χ2n) is 7.75. The van der Waals surface area contributed by atoms with E-state index in [1.54, 1.807) is 12.3 Å². The summed E-state index contributed by atoms with van der Waals surface area (Å²) in [7, 11) is 0. The normalized spacial score (nSPS) is 10.7. The molecule has 0 aliphatic carbocycles. The van der Waals surface area contributed by atoms with Gasteiger partial charge in [-0.1, -0.05) is 36.9 Å². The number of para-hydroxylation sites is 1. The van der Waals surface area contributed by atoms with Crippen LogP contribution in [0.4, 0.5) is 5.69 Å². The summed E-state index contributed by atoms with van der Waals surface area (Å²) < 4.78 is 7.36. The lowest BCUT2D eigenvalue weighted by Crippen LogP contribution is -2.15. The van der Waals surface area contributed by atoms with E-state index in [-0.39, 0.29) is 11.6 Å². The first-order valence-corrected chi connectivity index (χ1v) is 10.8. The smallest absolute Gasteiger partial charge is 0.269 e. The van der Waals surface area contributed by atoms with Crippen molar-refractivity contribution >= 4 is 23.1 Å². The van der Waals surface area contributed by atoms with E-state index in [1.807, 2.05) is 72.8 Å². The van der Waals surface area contributed by atoms with Crippen LogP contribution in [0.3, 0.4) is 0 Å². The molecule has 8 nitrogen and oxygen atoms in total. The zero-order chi connectivity index (χ0) is 24.4. The van der Waals surface area contributed by atoms with Gasteiger partial charge in [0.2, 0.25) is 5.91 Å². The summed E-state index contributed by atoms with van der Waals surface area (Å²) in [5.41, 5.74) is 10.0. The number of primary amides is 1. The molecule has 5 rings (SSSR count). The molecule has 0 bridgehead atoms. The molecule has 0 aliphatic heterocycles. The topological polar surface area (TPSA) is 115 Å². The highest BCUT2D eigenvalue weighted by Crippen LogP contribution is 2.32. The molecular formula is C27H21N5O3. The molecular weight excluding hydrogens is 442 g/mol. The van der Waals surface area contributed by atoms with Crippen molar-refractivity contribution < 1.29 is 14.3 Å². The minimum Gasteiger partial charge on any atom is -0.457 e. The number of imidazole rings is 1. The molecule has 0 saturated carbocycles. The van der Waals surface area contributed by atoms with E-state index < -0.39 is 5.91 Å². The van der Waals surface area contributed by atoms with E-state index >= 15 is 0 Å². The van der Waals surface area contributed by atoms with Crippen LogP contribution in [0.2, 0.25) is 0 Å². The summed E-state index contributed by atoms with van der Waals surface area (Å²) in [6, 6.07) is 24.1. The number of aromatic nitrogens is 3. The summed E-state index contributed by atoms with van der Waals surface area (Å²) in [5.74, 6) is 0.473. The summed E-state index contributed by atoms with van der Waals surface area (Å²) in [6.07, 6.45) is 2.85. The third-order valence-corrected chi connectivity index (χ3v) is 5.44. The number of hydrogen-bond donors (Lipinski definition) is 3. The molecule has 2 aromatic heterocycles. The van der Waals surface area contributed by atoms with Crippen molar-refractivity contribution in [2.45, 2.75) is 0 Å². The van der Waals surface area contributed by atoms with Crippen LogP contribution in [0.15, 0.2) is 97.7 Å². The van der Waals surface area contributed by atoms with Gasteiger partial charge in [0.1, 0.15) is 17.1 Å². The first-order valence-electron chi connectivity index (χ1n) is 10.8. The van der Waals surface area contributed by atoms with Crippen LogP contribution in [0.5, 0.6) is 11.5 Å². The largest absolute Gasteiger partial charge is 0.457 e. The Kier molecular flexibility index (Phi) is 5.60. The van der Waals surface area contributed by atoms with E-state index in [0.717, 1.165) is 22.4 Å². The van der Waals surface area contributed by atoms with Crippen LogP contribution in [0.1, 0.15) is 10.5 Å². The van der Waals surface area contributed by atoms with Crippen LogP contribution in [-0.4, -0.2) is 26.4 Å². The molecule has 2 heterocycles. The van der Waals surface area contributed by atoms with E-state index in [0.29, 0.717) is 22.8 Å². The SMILES string of the molecule is C=CC(=O)Nc1cccc(-c2cnn3c(C(N)=O)c(-c4ccc(Oc5ccccc5)cc4)[nH]c23)c1. The lowest BCUT2D eigenvalue weighted by Gasteiger charge is -2.07. The number of anilines is 1. The molecule has 0 fully saturated rings.